The first-order chi connectivity index (χ1) is 13.1. The second-order valence-corrected chi connectivity index (χ2v) is 8.87. The van der Waals surface area contributed by atoms with Gasteiger partial charge in [-0.15, -0.1) is 0 Å². The molecule has 0 unspecified atom stereocenters. The molecule has 148 valence electrons. The lowest BCUT2D eigenvalue weighted by atomic mass is 10.0. The van der Waals surface area contributed by atoms with Crippen molar-refractivity contribution in [1.82, 2.24) is 0 Å². The van der Waals surface area contributed by atoms with Crippen LogP contribution >= 0.6 is 15.9 Å². The van der Waals surface area contributed by atoms with Gasteiger partial charge in [0.2, 0.25) is 0 Å². The molecule has 0 fully saturated rings. The zero-order chi connectivity index (χ0) is 20.6. The van der Waals surface area contributed by atoms with Gasteiger partial charge in [-0.1, -0.05) is 28.6 Å². The van der Waals surface area contributed by atoms with Gasteiger partial charge in [0.1, 0.15) is 17.1 Å². The SMILES string of the molecule is C=Cc1cc(Oc2ccc3c(c2C)CCN3C(=O)OC(C)(C)C)c(C)cc1Br. The van der Waals surface area contributed by atoms with Crippen LogP contribution in [0.4, 0.5) is 10.5 Å². The first kappa shape index (κ1) is 20.5. The molecule has 0 radical (unpaired) electrons. The summed E-state index contributed by atoms with van der Waals surface area (Å²) in [5.74, 6) is 1.59. The molecule has 0 aliphatic carbocycles. The Morgan fingerprint density at radius 2 is 1.93 bits per heavy atom. The molecule has 0 N–H and O–H groups in total. The van der Waals surface area contributed by atoms with Gasteiger partial charge in [0.25, 0.3) is 0 Å². The molecule has 5 heteroatoms. The molecule has 0 saturated carbocycles. The zero-order valence-corrected chi connectivity index (χ0v) is 18.6. The average Bonchev–Trinajstić information content (AvgIpc) is 3.03. The topological polar surface area (TPSA) is 38.8 Å². The molecule has 1 heterocycles. The lowest BCUT2D eigenvalue weighted by Gasteiger charge is -2.25. The number of benzene rings is 2. The third-order valence-electron chi connectivity index (χ3n) is 4.75. The van der Waals surface area contributed by atoms with Crippen LogP contribution in [0.15, 0.2) is 35.3 Å². The first-order valence-electron chi connectivity index (χ1n) is 9.34. The average molecular weight is 444 g/mol. The van der Waals surface area contributed by atoms with Crippen molar-refractivity contribution in [2.75, 3.05) is 11.4 Å². The smallest absolute Gasteiger partial charge is 0.414 e. The lowest BCUT2D eigenvalue weighted by Crippen LogP contribution is -2.35. The van der Waals surface area contributed by atoms with Crippen LogP contribution in [0.25, 0.3) is 6.08 Å². The molecule has 2 aromatic rings. The van der Waals surface area contributed by atoms with Crippen molar-refractivity contribution in [3.8, 4) is 11.5 Å². The van der Waals surface area contributed by atoms with E-state index in [0.717, 1.165) is 50.3 Å². The molecule has 2 aromatic carbocycles. The van der Waals surface area contributed by atoms with Crippen LogP contribution in [0.2, 0.25) is 0 Å². The molecular weight excluding hydrogens is 418 g/mol. The number of aryl methyl sites for hydroxylation is 1. The maximum Gasteiger partial charge on any atom is 0.414 e. The van der Waals surface area contributed by atoms with E-state index in [1.54, 1.807) is 11.0 Å². The summed E-state index contributed by atoms with van der Waals surface area (Å²) in [5, 5.41) is 0. The summed E-state index contributed by atoms with van der Waals surface area (Å²) in [6, 6.07) is 7.87. The molecule has 0 saturated heterocycles. The Bertz CT molecular complexity index is 944. The predicted molar refractivity (Wildman–Crippen MR) is 118 cm³/mol. The minimum atomic E-state index is -0.514. The van der Waals surface area contributed by atoms with Gasteiger partial charge in [-0.25, -0.2) is 4.79 Å². The summed E-state index contributed by atoms with van der Waals surface area (Å²) in [7, 11) is 0. The van der Waals surface area contributed by atoms with E-state index in [1.807, 2.05) is 58.9 Å². The molecule has 0 aromatic heterocycles. The van der Waals surface area contributed by atoms with Gasteiger partial charge < -0.3 is 9.47 Å². The Morgan fingerprint density at radius 3 is 2.57 bits per heavy atom. The molecule has 1 aliphatic heterocycles. The molecular formula is C23H26BrNO3. The van der Waals surface area contributed by atoms with Crippen molar-refractivity contribution in [1.29, 1.82) is 0 Å². The van der Waals surface area contributed by atoms with Crippen LogP contribution in [-0.4, -0.2) is 18.2 Å². The Hall–Kier alpha value is -2.27. The van der Waals surface area contributed by atoms with Gasteiger partial charge in [0, 0.05) is 11.0 Å². The molecule has 1 amide bonds. The third-order valence-corrected chi connectivity index (χ3v) is 5.43. The van der Waals surface area contributed by atoms with Crippen molar-refractivity contribution >= 4 is 33.8 Å². The van der Waals surface area contributed by atoms with Crippen molar-refractivity contribution in [3.63, 3.8) is 0 Å². The predicted octanol–water partition coefficient (Wildman–Crippen LogP) is 6.80. The van der Waals surface area contributed by atoms with Gasteiger partial charge in [-0.05, 0) is 87.6 Å². The highest BCUT2D eigenvalue weighted by molar-refractivity contribution is 9.10. The third kappa shape index (κ3) is 4.09. The van der Waals surface area contributed by atoms with Gasteiger partial charge >= 0.3 is 6.09 Å². The lowest BCUT2D eigenvalue weighted by molar-refractivity contribution is 0.0584. The van der Waals surface area contributed by atoms with Crippen molar-refractivity contribution in [2.45, 2.75) is 46.6 Å². The van der Waals surface area contributed by atoms with E-state index >= 15 is 0 Å². The van der Waals surface area contributed by atoms with Crippen LogP contribution in [0, 0.1) is 13.8 Å². The molecule has 0 atom stereocenters. The number of anilines is 1. The molecule has 0 bridgehead atoms. The van der Waals surface area contributed by atoms with Gasteiger partial charge in [0.15, 0.2) is 0 Å². The van der Waals surface area contributed by atoms with E-state index in [2.05, 4.69) is 22.5 Å². The minimum absolute atomic E-state index is 0.307. The van der Waals surface area contributed by atoms with E-state index in [9.17, 15) is 4.79 Å². The largest absolute Gasteiger partial charge is 0.457 e. The molecule has 3 rings (SSSR count). The number of ether oxygens (including phenoxy) is 2. The summed E-state index contributed by atoms with van der Waals surface area (Å²) >= 11 is 3.55. The standard InChI is InChI=1S/C23H26BrNO3/c1-7-16-13-21(14(2)12-18(16)24)27-20-9-8-19-17(15(20)3)10-11-25(19)22(26)28-23(4,5)6/h7-9,12-13H,1,10-11H2,2-6H3. The Labute approximate surface area is 175 Å². The maximum absolute atomic E-state index is 12.5. The number of hydrogen-bond donors (Lipinski definition) is 0. The number of carbonyl (C=O) groups is 1. The van der Waals surface area contributed by atoms with Gasteiger partial charge in [-0.2, -0.15) is 0 Å². The maximum atomic E-state index is 12.5. The Kier molecular flexibility index (Phi) is 5.57. The van der Waals surface area contributed by atoms with Crippen LogP contribution in [0.1, 0.15) is 43.0 Å². The molecule has 28 heavy (non-hydrogen) atoms. The van der Waals surface area contributed by atoms with Crippen LogP contribution in [0.3, 0.4) is 0 Å². The second kappa shape index (κ2) is 7.63. The fourth-order valence-corrected chi connectivity index (χ4v) is 3.92. The van der Waals surface area contributed by atoms with Crippen LogP contribution in [-0.2, 0) is 11.2 Å². The number of fused-ring (bicyclic) bond motifs is 1. The van der Waals surface area contributed by atoms with Gasteiger partial charge in [-0.3, -0.25) is 4.90 Å². The highest BCUT2D eigenvalue weighted by Gasteiger charge is 2.30. The first-order valence-corrected chi connectivity index (χ1v) is 10.1. The van der Waals surface area contributed by atoms with Crippen molar-refractivity contribution in [3.05, 3.63) is 57.6 Å². The van der Waals surface area contributed by atoms with E-state index in [0.29, 0.717) is 6.54 Å². The Balaban J connectivity index is 1.90. The monoisotopic (exact) mass is 443 g/mol. The summed E-state index contributed by atoms with van der Waals surface area (Å²) in [5.41, 5.74) is 4.58. The second-order valence-electron chi connectivity index (χ2n) is 8.01. The summed E-state index contributed by atoms with van der Waals surface area (Å²) in [4.78, 5) is 14.2. The highest BCUT2D eigenvalue weighted by atomic mass is 79.9. The molecule has 4 nitrogen and oxygen atoms in total. The number of hydrogen-bond acceptors (Lipinski definition) is 3. The summed E-state index contributed by atoms with van der Waals surface area (Å²) in [6.07, 6.45) is 2.28. The number of rotatable bonds is 3. The highest BCUT2D eigenvalue weighted by Crippen LogP contribution is 2.39. The fraction of sp³-hybridized carbons (Fsp3) is 0.348. The van der Waals surface area contributed by atoms with E-state index in [-0.39, 0.29) is 6.09 Å². The molecule has 1 aliphatic rings. The molecule has 0 spiro atoms. The minimum Gasteiger partial charge on any atom is -0.457 e. The quantitative estimate of drug-likeness (QED) is 0.523. The van der Waals surface area contributed by atoms with Gasteiger partial charge in [0.05, 0.1) is 5.69 Å². The van der Waals surface area contributed by atoms with E-state index in [4.69, 9.17) is 9.47 Å². The summed E-state index contributed by atoms with van der Waals surface area (Å²) < 4.78 is 12.8. The summed E-state index contributed by atoms with van der Waals surface area (Å²) in [6.45, 7) is 14.1. The van der Waals surface area contributed by atoms with Crippen LogP contribution < -0.4 is 9.64 Å². The van der Waals surface area contributed by atoms with Crippen molar-refractivity contribution < 1.29 is 14.3 Å². The number of nitrogens with zero attached hydrogens (tertiary/aromatic N) is 1. The normalized spacial score (nSPS) is 13.3. The van der Waals surface area contributed by atoms with Crippen LogP contribution in [0.5, 0.6) is 11.5 Å². The van der Waals surface area contributed by atoms with E-state index < -0.39 is 5.60 Å². The fourth-order valence-electron chi connectivity index (χ4n) is 3.30. The number of halogens is 1. The number of carbonyl (C=O) groups excluding carboxylic acids is 1. The Morgan fingerprint density at radius 1 is 1.21 bits per heavy atom. The zero-order valence-electron chi connectivity index (χ0n) is 17.1. The number of amides is 1. The van der Waals surface area contributed by atoms with E-state index in [1.165, 1.54) is 0 Å². The van der Waals surface area contributed by atoms with Crippen molar-refractivity contribution in [2.24, 2.45) is 0 Å².